The maximum Gasteiger partial charge on any atom is 0.252 e. The van der Waals surface area contributed by atoms with Crippen molar-refractivity contribution in [3.05, 3.63) is 83.3 Å². The molecule has 6 nitrogen and oxygen atoms in total. The third kappa shape index (κ3) is 6.17. The van der Waals surface area contributed by atoms with Crippen molar-refractivity contribution in [3.8, 4) is 0 Å². The predicted octanol–water partition coefficient (Wildman–Crippen LogP) is 6.20. The number of likely N-dealkylation sites (tertiary alicyclic amines) is 1. The Bertz CT molecular complexity index is 1450. The molecule has 194 valence electrons. The third-order valence-corrected chi connectivity index (χ3v) is 8.25. The molecule has 1 saturated heterocycles. The second kappa shape index (κ2) is 11.5. The molecule has 38 heavy (non-hydrogen) atoms. The Morgan fingerprint density at radius 1 is 1.05 bits per heavy atom. The van der Waals surface area contributed by atoms with Gasteiger partial charge in [0.15, 0.2) is 0 Å². The summed E-state index contributed by atoms with van der Waals surface area (Å²) in [5.74, 6) is 0.00918. The zero-order valence-corrected chi connectivity index (χ0v) is 22.3. The fourth-order valence-corrected chi connectivity index (χ4v) is 5.94. The van der Waals surface area contributed by atoms with Gasteiger partial charge in [0.05, 0.1) is 22.5 Å². The molecule has 1 saturated carbocycles. The normalized spacial score (nSPS) is 16.0. The lowest BCUT2D eigenvalue weighted by atomic mass is 10.1. The van der Waals surface area contributed by atoms with Gasteiger partial charge in [0.1, 0.15) is 0 Å². The van der Waals surface area contributed by atoms with Crippen LogP contribution in [0.15, 0.2) is 70.5 Å². The second-order valence-electron chi connectivity index (χ2n) is 10.2. The van der Waals surface area contributed by atoms with Gasteiger partial charge in [-0.15, -0.1) is 0 Å². The van der Waals surface area contributed by atoms with Gasteiger partial charge in [-0.05, 0) is 113 Å². The first-order valence-corrected chi connectivity index (χ1v) is 14.5. The standard InChI is InChI=1S/C31H33N5OS/c37-31(33-24-12-13-24)27-10-1-2-11-30(27)38-25-15-16-26-28(34-35-29(26)21-25)17-14-23-8-5-7-22(32-23)9-6-20-36-18-3-4-19-36/h1-2,5,7-8,10-11,14-17,21,24H,3-4,6,9,12-13,18-20H2,(H,33,37)(H,34,35)/b17-14+. The van der Waals surface area contributed by atoms with Crippen molar-refractivity contribution < 1.29 is 4.79 Å². The Hall–Kier alpha value is -3.42. The van der Waals surface area contributed by atoms with Crippen molar-refractivity contribution in [3.63, 3.8) is 0 Å². The molecule has 3 heterocycles. The molecule has 2 aliphatic rings. The summed E-state index contributed by atoms with van der Waals surface area (Å²) in [7, 11) is 0. The van der Waals surface area contributed by atoms with Gasteiger partial charge in [-0.25, -0.2) is 0 Å². The van der Waals surface area contributed by atoms with Crippen molar-refractivity contribution in [2.75, 3.05) is 19.6 Å². The lowest BCUT2D eigenvalue weighted by Gasteiger charge is -2.13. The topological polar surface area (TPSA) is 73.9 Å². The van der Waals surface area contributed by atoms with E-state index in [0.29, 0.717) is 6.04 Å². The SMILES string of the molecule is O=C(NC1CC1)c1ccccc1Sc1ccc2c(/C=C/c3cccc(CCCN4CCCC4)n3)n[nH]c2c1. The fourth-order valence-electron chi connectivity index (χ4n) is 4.96. The van der Waals surface area contributed by atoms with Crippen LogP contribution in [0.1, 0.15) is 59.5 Å². The highest BCUT2D eigenvalue weighted by Gasteiger charge is 2.25. The number of aromatic nitrogens is 3. The molecular weight excluding hydrogens is 490 g/mol. The van der Waals surface area contributed by atoms with E-state index < -0.39 is 0 Å². The van der Waals surface area contributed by atoms with Crippen LogP contribution in [0.5, 0.6) is 0 Å². The first kappa shape index (κ1) is 24.9. The van der Waals surface area contributed by atoms with Crippen molar-refractivity contribution in [2.24, 2.45) is 0 Å². The highest BCUT2D eigenvalue weighted by atomic mass is 32.2. The fraction of sp³-hybridized carbons (Fsp3) is 0.323. The summed E-state index contributed by atoms with van der Waals surface area (Å²) >= 11 is 1.60. The van der Waals surface area contributed by atoms with Gasteiger partial charge >= 0.3 is 0 Å². The smallest absolute Gasteiger partial charge is 0.252 e. The summed E-state index contributed by atoms with van der Waals surface area (Å²) in [6.07, 6.45) is 11.1. The number of pyridine rings is 1. The van der Waals surface area contributed by atoms with Crippen LogP contribution in [0.4, 0.5) is 0 Å². The molecule has 0 unspecified atom stereocenters. The molecule has 4 aromatic rings. The number of carbonyl (C=O) groups excluding carboxylic acids is 1. The van der Waals surface area contributed by atoms with Gasteiger partial charge in [0, 0.05) is 26.9 Å². The van der Waals surface area contributed by atoms with Crippen molar-refractivity contribution in [1.29, 1.82) is 0 Å². The Morgan fingerprint density at radius 3 is 2.79 bits per heavy atom. The highest BCUT2D eigenvalue weighted by Crippen LogP contribution is 2.33. The van der Waals surface area contributed by atoms with Crippen LogP contribution >= 0.6 is 11.8 Å². The quantitative estimate of drug-likeness (QED) is 0.259. The Kier molecular flexibility index (Phi) is 7.56. The molecular formula is C31H33N5OS. The van der Waals surface area contributed by atoms with Gasteiger partial charge in [-0.3, -0.25) is 14.9 Å². The molecule has 2 aromatic carbocycles. The minimum absolute atomic E-state index is 0.00918. The van der Waals surface area contributed by atoms with Gasteiger partial charge in [-0.2, -0.15) is 5.10 Å². The summed E-state index contributed by atoms with van der Waals surface area (Å²) < 4.78 is 0. The molecule has 6 rings (SSSR count). The molecule has 1 amide bonds. The number of aryl methyl sites for hydroxylation is 1. The molecule has 2 fully saturated rings. The molecule has 1 aliphatic heterocycles. The highest BCUT2D eigenvalue weighted by molar-refractivity contribution is 7.99. The zero-order chi connectivity index (χ0) is 25.7. The molecule has 0 spiro atoms. The van der Waals surface area contributed by atoms with E-state index in [1.165, 1.54) is 32.5 Å². The first-order valence-electron chi connectivity index (χ1n) is 13.6. The van der Waals surface area contributed by atoms with Crippen LogP contribution in [0, 0.1) is 0 Å². The molecule has 7 heteroatoms. The summed E-state index contributed by atoms with van der Waals surface area (Å²) in [6, 6.07) is 20.7. The molecule has 1 aliphatic carbocycles. The molecule has 0 radical (unpaired) electrons. The summed E-state index contributed by atoms with van der Waals surface area (Å²) in [5.41, 5.74) is 4.68. The van der Waals surface area contributed by atoms with E-state index in [2.05, 4.69) is 50.7 Å². The van der Waals surface area contributed by atoms with E-state index in [4.69, 9.17) is 4.98 Å². The van der Waals surface area contributed by atoms with Crippen molar-refractivity contribution in [1.82, 2.24) is 25.4 Å². The number of fused-ring (bicyclic) bond motifs is 1. The van der Waals surface area contributed by atoms with Crippen LogP contribution in [0.3, 0.4) is 0 Å². The lowest BCUT2D eigenvalue weighted by Crippen LogP contribution is -2.25. The number of hydrogen-bond acceptors (Lipinski definition) is 5. The number of carbonyl (C=O) groups is 1. The maximum absolute atomic E-state index is 12.7. The number of aromatic amines is 1. The number of hydrogen-bond donors (Lipinski definition) is 2. The average Bonchev–Trinajstić information content (AvgIpc) is 3.42. The van der Waals surface area contributed by atoms with E-state index in [-0.39, 0.29) is 5.91 Å². The number of nitrogens with zero attached hydrogens (tertiary/aromatic N) is 3. The average molecular weight is 524 g/mol. The van der Waals surface area contributed by atoms with E-state index >= 15 is 0 Å². The van der Waals surface area contributed by atoms with Gasteiger partial charge in [-0.1, -0.05) is 30.0 Å². The van der Waals surface area contributed by atoms with E-state index in [1.54, 1.807) is 11.8 Å². The Balaban J connectivity index is 1.12. The van der Waals surface area contributed by atoms with Crippen LogP contribution < -0.4 is 5.32 Å². The number of rotatable bonds is 10. The Labute approximate surface area is 227 Å². The summed E-state index contributed by atoms with van der Waals surface area (Å²) in [6.45, 7) is 3.66. The van der Waals surface area contributed by atoms with Crippen LogP contribution in [0.25, 0.3) is 23.1 Å². The second-order valence-corrected chi connectivity index (χ2v) is 11.3. The zero-order valence-electron chi connectivity index (χ0n) is 21.5. The Morgan fingerprint density at radius 2 is 1.92 bits per heavy atom. The number of H-pyrrole nitrogens is 1. The van der Waals surface area contributed by atoms with Gasteiger partial charge < -0.3 is 10.2 Å². The minimum atomic E-state index is 0.00918. The van der Waals surface area contributed by atoms with Gasteiger partial charge in [0.25, 0.3) is 5.91 Å². The van der Waals surface area contributed by atoms with Crippen molar-refractivity contribution in [2.45, 2.75) is 54.4 Å². The molecule has 2 aromatic heterocycles. The van der Waals surface area contributed by atoms with E-state index in [0.717, 1.165) is 69.0 Å². The third-order valence-electron chi connectivity index (χ3n) is 7.18. The van der Waals surface area contributed by atoms with Crippen molar-refractivity contribution >= 4 is 40.7 Å². The molecule has 0 bridgehead atoms. The summed E-state index contributed by atoms with van der Waals surface area (Å²) in [5, 5.41) is 11.9. The van der Waals surface area contributed by atoms with Gasteiger partial charge in [0.2, 0.25) is 0 Å². The number of benzene rings is 2. The number of amides is 1. The monoisotopic (exact) mass is 523 g/mol. The maximum atomic E-state index is 12.7. The van der Waals surface area contributed by atoms with Crippen LogP contribution in [0.2, 0.25) is 0 Å². The molecule has 0 atom stereocenters. The lowest BCUT2D eigenvalue weighted by molar-refractivity contribution is 0.0948. The first-order chi connectivity index (χ1) is 18.7. The predicted molar refractivity (Wildman–Crippen MR) is 154 cm³/mol. The number of nitrogens with one attached hydrogen (secondary N) is 2. The minimum Gasteiger partial charge on any atom is -0.349 e. The van der Waals surface area contributed by atoms with E-state index in [1.807, 2.05) is 42.5 Å². The largest absolute Gasteiger partial charge is 0.349 e. The van der Waals surface area contributed by atoms with Crippen LogP contribution in [-0.4, -0.2) is 51.7 Å². The molecule has 2 N–H and O–H groups in total. The van der Waals surface area contributed by atoms with Crippen LogP contribution in [-0.2, 0) is 6.42 Å². The summed E-state index contributed by atoms with van der Waals surface area (Å²) in [4.78, 5) is 22.1. The van der Waals surface area contributed by atoms with E-state index in [9.17, 15) is 4.79 Å².